The lowest BCUT2D eigenvalue weighted by Gasteiger charge is -2.12. The first-order valence-electron chi connectivity index (χ1n) is 5.42. The van der Waals surface area contributed by atoms with E-state index in [1.165, 1.54) is 11.8 Å². The molecule has 0 saturated heterocycles. The van der Waals surface area contributed by atoms with Crippen LogP contribution in [0.25, 0.3) is 0 Å². The van der Waals surface area contributed by atoms with Gasteiger partial charge >= 0.3 is 0 Å². The predicted molar refractivity (Wildman–Crippen MR) is 69.6 cm³/mol. The van der Waals surface area contributed by atoms with E-state index in [0.717, 1.165) is 5.75 Å². The molecule has 15 heavy (non-hydrogen) atoms. The summed E-state index contributed by atoms with van der Waals surface area (Å²) in [4.78, 5) is 11.4. The molecule has 0 radical (unpaired) electrons. The molecule has 0 aromatic carbocycles. The second kappa shape index (κ2) is 8.48. The first-order chi connectivity index (χ1) is 6.91. The van der Waals surface area contributed by atoms with Gasteiger partial charge in [-0.1, -0.05) is 50.6 Å². The van der Waals surface area contributed by atoms with E-state index >= 15 is 0 Å². The molecule has 0 spiro atoms. The summed E-state index contributed by atoms with van der Waals surface area (Å²) in [5.74, 6) is 3.10. The maximum Gasteiger partial charge on any atom is 0.193 e. The van der Waals surface area contributed by atoms with E-state index < -0.39 is 11.2 Å². The Labute approximate surface area is 101 Å². The van der Waals surface area contributed by atoms with Crippen LogP contribution in [-0.2, 0) is 16.0 Å². The highest BCUT2D eigenvalue weighted by atomic mass is 32.2. The molecule has 0 aliphatic carbocycles. The number of hydrogen-bond donors (Lipinski definition) is 0. The van der Waals surface area contributed by atoms with Crippen molar-refractivity contribution in [2.45, 2.75) is 34.1 Å². The Balaban J connectivity index is 3.53. The zero-order valence-electron chi connectivity index (χ0n) is 10.1. The molecular formula is C11H22O2S2. The summed E-state index contributed by atoms with van der Waals surface area (Å²) < 4.78 is 11.4. The molecule has 0 amide bonds. The van der Waals surface area contributed by atoms with E-state index in [4.69, 9.17) is 0 Å². The zero-order chi connectivity index (χ0) is 11.8. The third-order valence-corrected chi connectivity index (χ3v) is 4.69. The minimum atomic E-state index is -0.819. The molecule has 0 aromatic rings. The molecule has 0 rings (SSSR count). The third-order valence-electron chi connectivity index (χ3n) is 1.63. The quantitative estimate of drug-likeness (QED) is 0.652. The van der Waals surface area contributed by atoms with Crippen LogP contribution in [0.15, 0.2) is 0 Å². The standard InChI is InChI=1S/C11H22O2S2/c1-9(2)7-14-11(12)5-6-15(13)8-10(3)4/h9-10H,5-8H2,1-4H3. The summed E-state index contributed by atoms with van der Waals surface area (Å²) in [6, 6.07) is 0. The first kappa shape index (κ1) is 15.3. The summed E-state index contributed by atoms with van der Waals surface area (Å²) in [7, 11) is 0. The average molecular weight is 250 g/mol. The van der Waals surface area contributed by atoms with Crippen LogP contribution in [0.3, 0.4) is 0 Å². The van der Waals surface area contributed by atoms with Crippen molar-refractivity contribution in [2.75, 3.05) is 17.3 Å². The Kier molecular flexibility index (Phi) is 8.66. The number of carbonyl (C=O) groups excluding carboxylic acids is 1. The SMILES string of the molecule is CC(C)CSC(=O)CC[S+]([O-])CC(C)C. The van der Waals surface area contributed by atoms with Crippen LogP contribution in [0.1, 0.15) is 34.1 Å². The number of thioether (sulfide) groups is 1. The zero-order valence-corrected chi connectivity index (χ0v) is 11.7. The van der Waals surface area contributed by atoms with Crippen molar-refractivity contribution in [3.63, 3.8) is 0 Å². The first-order valence-corrected chi connectivity index (χ1v) is 7.89. The van der Waals surface area contributed by atoms with Gasteiger partial charge in [-0.25, -0.2) is 0 Å². The van der Waals surface area contributed by atoms with Crippen molar-refractivity contribution >= 4 is 28.1 Å². The fraction of sp³-hybridized carbons (Fsp3) is 0.909. The molecule has 2 nitrogen and oxygen atoms in total. The van der Waals surface area contributed by atoms with Crippen LogP contribution < -0.4 is 0 Å². The van der Waals surface area contributed by atoms with E-state index in [0.29, 0.717) is 29.8 Å². The topological polar surface area (TPSA) is 40.1 Å². The van der Waals surface area contributed by atoms with E-state index in [-0.39, 0.29) is 5.12 Å². The van der Waals surface area contributed by atoms with Crippen molar-refractivity contribution in [1.29, 1.82) is 0 Å². The second-order valence-electron chi connectivity index (χ2n) is 4.53. The molecule has 0 aromatic heterocycles. The molecule has 0 N–H and O–H groups in total. The summed E-state index contributed by atoms with van der Waals surface area (Å²) >= 11 is 0.553. The number of hydrogen-bond acceptors (Lipinski definition) is 3. The predicted octanol–water partition coefficient (Wildman–Crippen LogP) is 2.70. The molecule has 90 valence electrons. The van der Waals surface area contributed by atoms with Crippen LogP contribution in [-0.4, -0.2) is 26.9 Å². The van der Waals surface area contributed by atoms with E-state index in [1.54, 1.807) is 0 Å². The monoisotopic (exact) mass is 250 g/mol. The average Bonchev–Trinajstić information content (AvgIpc) is 2.10. The molecule has 1 unspecified atom stereocenters. The summed E-state index contributed by atoms with van der Waals surface area (Å²) in [5, 5.41) is 0.181. The largest absolute Gasteiger partial charge is 0.616 e. The van der Waals surface area contributed by atoms with Crippen LogP contribution in [0, 0.1) is 11.8 Å². The maximum atomic E-state index is 11.4. The van der Waals surface area contributed by atoms with Gasteiger partial charge in [0, 0.05) is 5.75 Å². The van der Waals surface area contributed by atoms with Crippen LogP contribution in [0.4, 0.5) is 0 Å². The lowest BCUT2D eigenvalue weighted by atomic mass is 10.3. The van der Waals surface area contributed by atoms with E-state index in [2.05, 4.69) is 13.8 Å². The molecular weight excluding hydrogens is 228 g/mol. The maximum absolute atomic E-state index is 11.4. The van der Waals surface area contributed by atoms with Crippen molar-refractivity contribution in [2.24, 2.45) is 11.8 Å². The van der Waals surface area contributed by atoms with Gasteiger partial charge in [-0.2, -0.15) is 0 Å². The van der Waals surface area contributed by atoms with Gasteiger partial charge in [0.05, 0.1) is 6.42 Å². The van der Waals surface area contributed by atoms with Gasteiger partial charge in [0.25, 0.3) is 0 Å². The van der Waals surface area contributed by atoms with Gasteiger partial charge in [0.1, 0.15) is 11.5 Å². The lowest BCUT2D eigenvalue weighted by molar-refractivity contribution is -0.110. The van der Waals surface area contributed by atoms with Gasteiger partial charge < -0.3 is 4.55 Å². The molecule has 1 atom stereocenters. The molecule has 0 aliphatic heterocycles. The van der Waals surface area contributed by atoms with Gasteiger partial charge in [0.15, 0.2) is 5.12 Å². The molecule has 0 heterocycles. The van der Waals surface area contributed by atoms with Crippen molar-refractivity contribution < 1.29 is 9.35 Å². The molecule has 4 heteroatoms. The number of rotatable bonds is 7. The molecule has 0 bridgehead atoms. The summed E-state index contributed by atoms with van der Waals surface area (Å²) in [5.41, 5.74) is 0. The highest BCUT2D eigenvalue weighted by Gasteiger charge is 2.12. The minimum absolute atomic E-state index is 0.181. The highest BCUT2D eigenvalue weighted by molar-refractivity contribution is 8.13. The summed E-state index contributed by atoms with van der Waals surface area (Å²) in [6.45, 7) is 8.29. The third kappa shape index (κ3) is 10.6. The fourth-order valence-electron chi connectivity index (χ4n) is 0.984. The lowest BCUT2D eigenvalue weighted by Crippen LogP contribution is -2.17. The van der Waals surface area contributed by atoms with Crippen LogP contribution >= 0.6 is 11.8 Å². The summed E-state index contributed by atoms with van der Waals surface area (Å²) in [6.07, 6.45) is 0.455. The Hall–Kier alpha value is 0.330. The Morgan fingerprint density at radius 2 is 1.87 bits per heavy atom. The van der Waals surface area contributed by atoms with Gasteiger partial charge in [-0.05, 0) is 11.8 Å². The Morgan fingerprint density at radius 1 is 1.27 bits per heavy atom. The Bertz CT molecular complexity index is 181. The molecule has 0 fully saturated rings. The fourth-order valence-corrected chi connectivity index (χ4v) is 3.20. The molecule has 0 saturated carbocycles. The highest BCUT2D eigenvalue weighted by Crippen LogP contribution is 2.12. The van der Waals surface area contributed by atoms with Gasteiger partial charge in [-0.15, -0.1) is 0 Å². The molecule has 0 aliphatic rings. The van der Waals surface area contributed by atoms with Crippen LogP contribution in [0.2, 0.25) is 0 Å². The smallest absolute Gasteiger partial charge is 0.193 e. The van der Waals surface area contributed by atoms with Crippen molar-refractivity contribution in [1.82, 2.24) is 0 Å². The second-order valence-corrected chi connectivity index (χ2v) is 7.23. The van der Waals surface area contributed by atoms with Gasteiger partial charge in [-0.3, -0.25) is 4.79 Å². The number of carbonyl (C=O) groups is 1. The Morgan fingerprint density at radius 3 is 2.33 bits per heavy atom. The van der Waals surface area contributed by atoms with E-state index in [1.807, 2.05) is 13.8 Å². The van der Waals surface area contributed by atoms with E-state index in [9.17, 15) is 9.35 Å². The van der Waals surface area contributed by atoms with Gasteiger partial charge in [0.2, 0.25) is 0 Å². The normalized spacial score (nSPS) is 13.5. The minimum Gasteiger partial charge on any atom is -0.616 e. The van der Waals surface area contributed by atoms with Crippen molar-refractivity contribution in [3.05, 3.63) is 0 Å². The van der Waals surface area contributed by atoms with Crippen LogP contribution in [0.5, 0.6) is 0 Å². The van der Waals surface area contributed by atoms with Crippen molar-refractivity contribution in [3.8, 4) is 0 Å².